The number of anilines is 1. The van der Waals surface area contributed by atoms with Crippen molar-refractivity contribution in [2.24, 2.45) is 5.73 Å². The fourth-order valence-corrected chi connectivity index (χ4v) is 3.58. The Kier molecular flexibility index (Phi) is 7.85. The molecule has 1 fully saturated rings. The smallest absolute Gasteiger partial charge is 0.407 e. The molecule has 1 aliphatic heterocycles. The van der Waals surface area contributed by atoms with E-state index in [-0.39, 0.29) is 19.0 Å². The van der Waals surface area contributed by atoms with Crippen molar-refractivity contribution in [1.29, 1.82) is 0 Å². The van der Waals surface area contributed by atoms with Crippen molar-refractivity contribution >= 4 is 29.6 Å². The van der Waals surface area contributed by atoms with Crippen LogP contribution in [-0.2, 0) is 11.2 Å². The van der Waals surface area contributed by atoms with Crippen LogP contribution in [0.2, 0.25) is 0 Å². The molecule has 10 nitrogen and oxygen atoms in total. The van der Waals surface area contributed by atoms with E-state index in [4.69, 9.17) is 10.8 Å². The summed E-state index contributed by atoms with van der Waals surface area (Å²) in [6, 6.07) is 14.5. The fourth-order valence-electron chi connectivity index (χ4n) is 3.58. The third kappa shape index (κ3) is 6.70. The predicted octanol–water partition coefficient (Wildman–Crippen LogP) is 1.73. The molecule has 1 aliphatic rings. The second-order valence-corrected chi connectivity index (χ2v) is 7.72. The van der Waals surface area contributed by atoms with Crippen LogP contribution in [-0.4, -0.2) is 71.1 Å². The van der Waals surface area contributed by atoms with Gasteiger partial charge in [0, 0.05) is 37.4 Å². The number of rotatable bonds is 7. The van der Waals surface area contributed by atoms with Gasteiger partial charge in [-0.05, 0) is 36.6 Å². The molecule has 174 valence electrons. The zero-order valence-electron chi connectivity index (χ0n) is 18.1. The molecule has 0 aliphatic carbocycles. The maximum absolute atomic E-state index is 12.8. The Hall–Kier alpha value is -4.08. The average Bonchev–Trinajstić information content (AvgIpc) is 2.82. The van der Waals surface area contributed by atoms with Gasteiger partial charge in [0.2, 0.25) is 5.91 Å². The van der Waals surface area contributed by atoms with Crippen LogP contribution in [0, 0.1) is 0 Å². The lowest BCUT2D eigenvalue weighted by Crippen LogP contribution is -2.50. The minimum absolute atomic E-state index is 0.248. The van der Waals surface area contributed by atoms with Gasteiger partial charge < -0.3 is 31.3 Å². The molecule has 2 aromatic carbocycles. The van der Waals surface area contributed by atoms with E-state index in [1.807, 2.05) is 30.3 Å². The van der Waals surface area contributed by atoms with Crippen LogP contribution >= 0.6 is 0 Å². The van der Waals surface area contributed by atoms with Crippen molar-refractivity contribution in [2.45, 2.75) is 18.9 Å². The average molecular weight is 453 g/mol. The summed E-state index contributed by atoms with van der Waals surface area (Å²) in [6.45, 7) is 1.09. The number of urea groups is 1. The van der Waals surface area contributed by atoms with E-state index < -0.39 is 24.1 Å². The Morgan fingerprint density at radius 2 is 1.61 bits per heavy atom. The number of piperazine rings is 1. The van der Waals surface area contributed by atoms with Crippen molar-refractivity contribution in [3.05, 3.63) is 65.7 Å². The number of primary amides is 1. The van der Waals surface area contributed by atoms with E-state index in [1.165, 1.54) is 11.0 Å². The Morgan fingerprint density at radius 3 is 2.24 bits per heavy atom. The van der Waals surface area contributed by atoms with Gasteiger partial charge in [-0.25, -0.2) is 9.59 Å². The Morgan fingerprint density at radius 1 is 0.939 bits per heavy atom. The minimum atomic E-state index is -1.00. The predicted molar refractivity (Wildman–Crippen MR) is 122 cm³/mol. The second-order valence-electron chi connectivity index (χ2n) is 7.72. The fraction of sp³-hybridized carbons (Fsp3) is 0.304. The number of nitrogens with two attached hydrogens (primary N) is 1. The highest BCUT2D eigenvalue weighted by molar-refractivity contribution is 5.97. The number of carbonyl (C=O) groups is 4. The summed E-state index contributed by atoms with van der Waals surface area (Å²) in [4.78, 5) is 50.9. The summed E-state index contributed by atoms with van der Waals surface area (Å²) in [7, 11) is 0. The van der Waals surface area contributed by atoms with E-state index in [0.717, 1.165) is 5.56 Å². The minimum Gasteiger partial charge on any atom is -0.465 e. The van der Waals surface area contributed by atoms with Crippen LogP contribution in [0.3, 0.4) is 0 Å². The summed E-state index contributed by atoms with van der Waals surface area (Å²) in [5.41, 5.74) is 7.23. The zero-order valence-corrected chi connectivity index (χ0v) is 18.1. The lowest BCUT2D eigenvalue weighted by Gasteiger charge is -2.33. The Balaban J connectivity index is 1.56. The third-order valence-corrected chi connectivity index (χ3v) is 5.42. The number of amides is 5. The van der Waals surface area contributed by atoms with Crippen molar-refractivity contribution in [3.63, 3.8) is 0 Å². The van der Waals surface area contributed by atoms with Gasteiger partial charge in [0.15, 0.2) is 0 Å². The first-order valence-electron chi connectivity index (χ1n) is 10.6. The molecular formula is C23H27N5O5. The Labute approximate surface area is 191 Å². The molecule has 0 aromatic heterocycles. The molecule has 5 N–H and O–H groups in total. The van der Waals surface area contributed by atoms with Gasteiger partial charge in [-0.1, -0.05) is 36.4 Å². The monoisotopic (exact) mass is 453 g/mol. The van der Waals surface area contributed by atoms with Gasteiger partial charge in [-0.2, -0.15) is 0 Å². The number of hydrogen-bond acceptors (Lipinski definition) is 4. The lowest BCUT2D eigenvalue weighted by atomic mass is 10.1. The molecular weight excluding hydrogens is 426 g/mol. The SMILES string of the molecule is NC(=O)[C@@H](CCc1ccccc1)NC(=O)Nc1cccc(C(=O)N2CCN(C(=O)O)CC2)c1. The van der Waals surface area contributed by atoms with E-state index in [2.05, 4.69) is 10.6 Å². The van der Waals surface area contributed by atoms with E-state index in [0.29, 0.717) is 37.2 Å². The summed E-state index contributed by atoms with van der Waals surface area (Å²) in [5.74, 6) is -0.882. The summed E-state index contributed by atoms with van der Waals surface area (Å²) < 4.78 is 0. The highest BCUT2D eigenvalue weighted by Gasteiger charge is 2.25. The molecule has 1 heterocycles. The molecule has 0 radical (unpaired) electrons. The van der Waals surface area contributed by atoms with Crippen LogP contribution in [0.5, 0.6) is 0 Å². The molecule has 1 saturated heterocycles. The maximum atomic E-state index is 12.8. The quantitative estimate of drug-likeness (QED) is 0.504. The highest BCUT2D eigenvalue weighted by atomic mass is 16.4. The van der Waals surface area contributed by atoms with Gasteiger partial charge in [0.25, 0.3) is 5.91 Å². The lowest BCUT2D eigenvalue weighted by molar-refractivity contribution is -0.119. The molecule has 0 bridgehead atoms. The second kappa shape index (κ2) is 11.0. The maximum Gasteiger partial charge on any atom is 0.407 e. The number of nitrogens with one attached hydrogen (secondary N) is 2. The van der Waals surface area contributed by atoms with E-state index in [9.17, 15) is 19.2 Å². The molecule has 33 heavy (non-hydrogen) atoms. The molecule has 2 aromatic rings. The molecule has 3 rings (SSSR count). The molecule has 1 atom stereocenters. The standard InChI is InChI=1S/C23H27N5O5/c24-20(29)19(10-9-16-5-2-1-3-6-16)26-22(31)25-18-8-4-7-17(15-18)21(30)27-11-13-28(14-12-27)23(32)33/h1-8,15,19H,9-14H2,(H2,24,29)(H,32,33)(H2,25,26,31)/t19-/m1/s1. The summed E-state index contributed by atoms with van der Waals surface area (Å²) in [6.07, 6.45) is -0.0704. The van der Waals surface area contributed by atoms with Gasteiger partial charge >= 0.3 is 12.1 Å². The molecule has 0 unspecified atom stereocenters. The number of nitrogens with zero attached hydrogens (tertiary/aromatic N) is 2. The largest absolute Gasteiger partial charge is 0.465 e. The van der Waals surface area contributed by atoms with Gasteiger partial charge in [0.1, 0.15) is 6.04 Å². The van der Waals surface area contributed by atoms with Crippen LogP contribution < -0.4 is 16.4 Å². The number of hydrogen-bond donors (Lipinski definition) is 4. The first-order chi connectivity index (χ1) is 15.8. The van der Waals surface area contributed by atoms with Crippen molar-refractivity contribution in [2.75, 3.05) is 31.5 Å². The molecule has 0 spiro atoms. The van der Waals surface area contributed by atoms with Gasteiger partial charge in [0.05, 0.1) is 0 Å². The van der Waals surface area contributed by atoms with Crippen molar-refractivity contribution < 1.29 is 24.3 Å². The molecule has 0 saturated carbocycles. The Bertz CT molecular complexity index is 1010. The van der Waals surface area contributed by atoms with Gasteiger partial charge in [-0.3, -0.25) is 9.59 Å². The van der Waals surface area contributed by atoms with Crippen LogP contribution in [0.1, 0.15) is 22.3 Å². The number of aryl methyl sites for hydroxylation is 1. The first kappa shape index (κ1) is 23.6. The zero-order chi connectivity index (χ0) is 23.8. The van der Waals surface area contributed by atoms with Crippen LogP contribution in [0.4, 0.5) is 15.3 Å². The van der Waals surface area contributed by atoms with Crippen LogP contribution in [0.15, 0.2) is 54.6 Å². The van der Waals surface area contributed by atoms with E-state index in [1.54, 1.807) is 23.1 Å². The van der Waals surface area contributed by atoms with E-state index >= 15 is 0 Å². The first-order valence-corrected chi connectivity index (χ1v) is 10.6. The molecule has 10 heteroatoms. The highest BCUT2D eigenvalue weighted by Crippen LogP contribution is 2.15. The number of carboxylic acid groups (broad SMARTS) is 1. The van der Waals surface area contributed by atoms with Gasteiger partial charge in [-0.15, -0.1) is 0 Å². The van der Waals surface area contributed by atoms with Crippen molar-refractivity contribution in [3.8, 4) is 0 Å². The third-order valence-electron chi connectivity index (χ3n) is 5.42. The number of benzene rings is 2. The molecule has 5 amide bonds. The van der Waals surface area contributed by atoms with Crippen LogP contribution in [0.25, 0.3) is 0 Å². The topological polar surface area (TPSA) is 145 Å². The normalized spacial score (nSPS) is 14.3. The summed E-state index contributed by atoms with van der Waals surface area (Å²) in [5, 5.41) is 14.2. The number of carbonyl (C=O) groups excluding carboxylic acids is 3. The summed E-state index contributed by atoms with van der Waals surface area (Å²) >= 11 is 0. The van der Waals surface area contributed by atoms with Crippen molar-refractivity contribution in [1.82, 2.24) is 15.1 Å².